The van der Waals surface area contributed by atoms with Crippen molar-refractivity contribution in [2.45, 2.75) is 51.5 Å². The first-order chi connectivity index (χ1) is 11.1. The molecule has 7 heteroatoms. The van der Waals surface area contributed by atoms with E-state index in [4.69, 9.17) is 5.73 Å². The van der Waals surface area contributed by atoms with Crippen molar-refractivity contribution in [1.82, 2.24) is 9.62 Å². The number of sulfonamides is 1. The number of primary amides is 1. The number of hydrogen-bond acceptors (Lipinski definition) is 4. The van der Waals surface area contributed by atoms with Crippen molar-refractivity contribution in [3.8, 4) is 0 Å². The lowest BCUT2D eigenvalue weighted by atomic mass is 10.0. The number of likely N-dealkylation sites (tertiary alicyclic amines) is 1. The molecule has 134 valence electrons. The molecular weight excluding hydrogens is 326 g/mol. The van der Waals surface area contributed by atoms with Crippen molar-refractivity contribution in [2.75, 3.05) is 19.6 Å². The predicted molar refractivity (Wildman–Crippen MR) is 94.4 cm³/mol. The monoisotopic (exact) mass is 353 g/mol. The number of benzene rings is 1. The lowest BCUT2D eigenvalue weighted by Crippen LogP contribution is -2.46. The van der Waals surface area contributed by atoms with Crippen LogP contribution in [-0.4, -0.2) is 44.9 Å². The summed E-state index contributed by atoms with van der Waals surface area (Å²) in [7, 11) is -3.57. The van der Waals surface area contributed by atoms with E-state index < -0.39 is 10.0 Å². The van der Waals surface area contributed by atoms with Crippen LogP contribution in [0, 0.1) is 27.7 Å². The van der Waals surface area contributed by atoms with E-state index in [0.717, 1.165) is 22.3 Å². The molecular formula is C17H27N3O3S. The average molecular weight is 353 g/mol. The molecule has 0 saturated carbocycles. The summed E-state index contributed by atoms with van der Waals surface area (Å²) in [6.45, 7) is 9.14. The van der Waals surface area contributed by atoms with E-state index in [9.17, 15) is 13.2 Å². The van der Waals surface area contributed by atoms with Gasteiger partial charge < -0.3 is 5.73 Å². The maximum absolute atomic E-state index is 12.9. The molecule has 1 aliphatic rings. The van der Waals surface area contributed by atoms with E-state index in [2.05, 4.69) is 4.72 Å². The SMILES string of the molecule is Cc1cc(C)c(C)c(S(=O)(=O)NC2CCN(CC(N)=O)CC2)c1C. The molecule has 24 heavy (non-hydrogen) atoms. The van der Waals surface area contributed by atoms with Crippen LogP contribution in [0.4, 0.5) is 0 Å². The van der Waals surface area contributed by atoms with Crippen LogP contribution in [0.5, 0.6) is 0 Å². The molecule has 0 radical (unpaired) electrons. The van der Waals surface area contributed by atoms with Crippen LogP contribution < -0.4 is 10.5 Å². The lowest BCUT2D eigenvalue weighted by Gasteiger charge is -2.31. The minimum absolute atomic E-state index is 0.112. The van der Waals surface area contributed by atoms with Gasteiger partial charge in [-0.1, -0.05) is 6.07 Å². The fourth-order valence-electron chi connectivity index (χ4n) is 3.29. The standard InChI is InChI=1S/C17H27N3O3S/c1-11-9-12(2)14(4)17(13(11)3)24(22,23)19-15-5-7-20(8-6-15)10-16(18)21/h9,15,19H,5-8,10H2,1-4H3,(H2,18,21). The van der Waals surface area contributed by atoms with E-state index in [1.165, 1.54) is 0 Å². The van der Waals surface area contributed by atoms with Crippen molar-refractivity contribution >= 4 is 15.9 Å². The highest BCUT2D eigenvalue weighted by atomic mass is 32.2. The quantitative estimate of drug-likeness (QED) is 0.830. The van der Waals surface area contributed by atoms with Gasteiger partial charge >= 0.3 is 0 Å². The van der Waals surface area contributed by atoms with Gasteiger partial charge in [-0.05, 0) is 62.8 Å². The van der Waals surface area contributed by atoms with Crippen molar-refractivity contribution < 1.29 is 13.2 Å². The first-order valence-electron chi connectivity index (χ1n) is 8.22. The zero-order valence-electron chi connectivity index (χ0n) is 14.8. The van der Waals surface area contributed by atoms with Crippen LogP contribution in [0.15, 0.2) is 11.0 Å². The number of carbonyl (C=O) groups is 1. The molecule has 0 atom stereocenters. The van der Waals surface area contributed by atoms with Crippen LogP contribution in [-0.2, 0) is 14.8 Å². The third kappa shape index (κ3) is 4.15. The van der Waals surface area contributed by atoms with Gasteiger partial charge in [0.1, 0.15) is 0 Å². The highest BCUT2D eigenvalue weighted by molar-refractivity contribution is 7.89. The molecule has 3 N–H and O–H groups in total. The molecule has 6 nitrogen and oxygen atoms in total. The van der Waals surface area contributed by atoms with Crippen molar-refractivity contribution in [1.29, 1.82) is 0 Å². The second-order valence-electron chi connectivity index (χ2n) is 6.73. The number of amides is 1. The summed E-state index contributed by atoms with van der Waals surface area (Å²) in [5, 5.41) is 0. The molecule has 1 heterocycles. The van der Waals surface area contributed by atoms with Crippen LogP contribution >= 0.6 is 0 Å². The summed E-state index contributed by atoms with van der Waals surface area (Å²) in [5.41, 5.74) is 8.77. The smallest absolute Gasteiger partial charge is 0.241 e. The highest BCUT2D eigenvalue weighted by Gasteiger charge is 2.28. The molecule has 1 saturated heterocycles. The van der Waals surface area contributed by atoms with Crippen LogP contribution in [0.3, 0.4) is 0 Å². The fourth-order valence-corrected chi connectivity index (χ4v) is 5.21. The Kier molecular flexibility index (Phi) is 5.67. The van der Waals surface area contributed by atoms with E-state index in [1.54, 1.807) is 0 Å². The molecule has 1 amide bonds. The Bertz CT molecular complexity index is 710. The molecule has 1 aromatic rings. The summed E-state index contributed by atoms with van der Waals surface area (Å²) >= 11 is 0. The zero-order valence-corrected chi connectivity index (χ0v) is 15.7. The Morgan fingerprint density at radius 2 is 1.67 bits per heavy atom. The van der Waals surface area contributed by atoms with Gasteiger partial charge in [-0.15, -0.1) is 0 Å². The summed E-state index contributed by atoms with van der Waals surface area (Å²) in [6, 6.07) is 1.91. The molecule has 0 aliphatic carbocycles. The zero-order chi connectivity index (χ0) is 18.1. The van der Waals surface area contributed by atoms with Gasteiger partial charge in [0.15, 0.2) is 0 Å². The predicted octanol–water partition coefficient (Wildman–Crippen LogP) is 1.15. The third-order valence-corrected chi connectivity index (χ3v) is 6.65. The molecule has 1 aliphatic heterocycles. The largest absolute Gasteiger partial charge is 0.369 e. The second kappa shape index (κ2) is 7.21. The first kappa shape index (κ1) is 18.9. The second-order valence-corrected chi connectivity index (χ2v) is 8.38. The molecule has 1 aromatic carbocycles. The van der Waals surface area contributed by atoms with Gasteiger partial charge in [0.25, 0.3) is 0 Å². The van der Waals surface area contributed by atoms with Gasteiger partial charge in [-0.2, -0.15) is 0 Å². The van der Waals surface area contributed by atoms with Crippen molar-refractivity contribution in [3.05, 3.63) is 28.3 Å². The van der Waals surface area contributed by atoms with Crippen LogP contribution in [0.1, 0.15) is 35.1 Å². The fraction of sp³-hybridized carbons (Fsp3) is 0.588. The number of carbonyl (C=O) groups excluding carboxylic acids is 1. The van der Waals surface area contributed by atoms with Gasteiger partial charge in [0.05, 0.1) is 11.4 Å². The van der Waals surface area contributed by atoms with Gasteiger partial charge in [0.2, 0.25) is 15.9 Å². The molecule has 1 fully saturated rings. The third-order valence-electron chi connectivity index (χ3n) is 4.85. The molecule has 0 aromatic heterocycles. The van der Waals surface area contributed by atoms with Gasteiger partial charge in [-0.3, -0.25) is 9.69 Å². The number of nitrogens with one attached hydrogen (secondary N) is 1. The number of rotatable bonds is 5. The normalized spacial score (nSPS) is 17.2. The maximum Gasteiger partial charge on any atom is 0.241 e. The van der Waals surface area contributed by atoms with E-state index in [-0.39, 0.29) is 18.5 Å². The Balaban J connectivity index is 2.15. The van der Waals surface area contributed by atoms with E-state index in [1.807, 2.05) is 38.7 Å². The number of aryl methyl sites for hydroxylation is 2. The molecule has 0 unspecified atom stereocenters. The number of hydrogen-bond donors (Lipinski definition) is 2. The van der Waals surface area contributed by atoms with Gasteiger partial charge in [-0.25, -0.2) is 13.1 Å². The Morgan fingerprint density at radius 3 is 2.12 bits per heavy atom. The van der Waals surface area contributed by atoms with Crippen LogP contribution in [0.2, 0.25) is 0 Å². The lowest BCUT2D eigenvalue weighted by molar-refractivity contribution is -0.119. The topological polar surface area (TPSA) is 92.5 Å². The van der Waals surface area contributed by atoms with Gasteiger partial charge in [0, 0.05) is 19.1 Å². The van der Waals surface area contributed by atoms with E-state index >= 15 is 0 Å². The highest BCUT2D eigenvalue weighted by Crippen LogP contribution is 2.26. The number of nitrogens with two attached hydrogens (primary N) is 1. The Morgan fingerprint density at radius 1 is 1.17 bits per heavy atom. The minimum Gasteiger partial charge on any atom is -0.369 e. The summed E-state index contributed by atoms with van der Waals surface area (Å²) < 4.78 is 28.7. The maximum atomic E-state index is 12.9. The van der Waals surface area contributed by atoms with Crippen LogP contribution in [0.25, 0.3) is 0 Å². The Hall–Kier alpha value is -1.44. The summed E-state index contributed by atoms with van der Waals surface area (Å²) in [4.78, 5) is 13.3. The molecule has 2 rings (SSSR count). The first-order valence-corrected chi connectivity index (χ1v) is 9.70. The van der Waals surface area contributed by atoms with Crippen molar-refractivity contribution in [3.63, 3.8) is 0 Å². The summed E-state index contributed by atoms with van der Waals surface area (Å²) in [6.07, 6.45) is 1.35. The van der Waals surface area contributed by atoms with Crippen molar-refractivity contribution in [2.24, 2.45) is 5.73 Å². The average Bonchev–Trinajstić information content (AvgIpc) is 2.46. The number of piperidine rings is 1. The summed E-state index contributed by atoms with van der Waals surface area (Å²) in [5.74, 6) is -0.351. The minimum atomic E-state index is -3.57. The molecule has 0 bridgehead atoms. The Labute approximate surface area is 144 Å². The molecule has 0 spiro atoms. The van der Waals surface area contributed by atoms with E-state index in [0.29, 0.717) is 30.8 Å². The number of nitrogens with zero attached hydrogens (tertiary/aromatic N) is 1.